The molecule has 5 nitrogen and oxygen atoms in total. The van der Waals surface area contributed by atoms with Gasteiger partial charge in [0.1, 0.15) is 18.6 Å². The van der Waals surface area contributed by atoms with Crippen LogP contribution in [0, 0.1) is 6.92 Å². The highest BCUT2D eigenvalue weighted by atomic mass is 16.6. The number of esters is 1. The number of oxazole rings is 1. The van der Waals surface area contributed by atoms with Gasteiger partial charge in [-0.1, -0.05) is 17.7 Å². The Labute approximate surface area is 117 Å². The molecular formula is C15H17NO4. The summed E-state index contributed by atoms with van der Waals surface area (Å²) in [4.78, 5) is 15.7. The number of ether oxygens (including phenoxy) is 2. The van der Waals surface area contributed by atoms with Crippen LogP contribution in [0.2, 0.25) is 0 Å². The largest absolute Gasteiger partial charge is 0.457 e. The molecule has 0 fully saturated rings. The zero-order valence-corrected chi connectivity index (χ0v) is 11.8. The van der Waals surface area contributed by atoms with Crippen LogP contribution >= 0.6 is 0 Å². The molecule has 1 atom stereocenters. The van der Waals surface area contributed by atoms with Gasteiger partial charge in [-0.3, -0.25) is 0 Å². The molecule has 1 aromatic heterocycles. The number of carbonyl (C=O) groups excluding carboxylic acids is 1. The average molecular weight is 275 g/mol. The predicted octanol–water partition coefficient (Wildman–Crippen LogP) is 2.73. The number of rotatable bonds is 5. The molecule has 20 heavy (non-hydrogen) atoms. The Hall–Kier alpha value is -2.14. The third-order valence-electron chi connectivity index (χ3n) is 2.90. The van der Waals surface area contributed by atoms with Crippen LogP contribution in [0.1, 0.15) is 18.2 Å². The maximum atomic E-state index is 11.5. The normalized spacial score (nSPS) is 12.2. The summed E-state index contributed by atoms with van der Waals surface area (Å²) in [5.74, 6) is 0.0863. The van der Waals surface area contributed by atoms with E-state index in [9.17, 15) is 4.79 Å². The lowest BCUT2D eigenvalue weighted by molar-refractivity contribution is -0.155. The van der Waals surface area contributed by atoms with Crippen molar-refractivity contribution in [3.63, 3.8) is 0 Å². The topological polar surface area (TPSA) is 61.6 Å². The zero-order chi connectivity index (χ0) is 14.5. The molecule has 2 aromatic rings. The first-order valence-electron chi connectivity index (χ1n) is 6.31. The van der Waals surface area contributed by atoms with Crippen LogP contribution < -0.4 is 0 Å². The molecule has 0 radical (unpaired) electrons. The summed E-state index contributed by atoms with van der Waals surface area (Å²) in [6, 6.07) is 7.84. The second-order valence-electron chi connectivity index (χ2n) is 4.50. The highest BCUT2D eigenvalue weighted by Crippen LogP contribution is 2.19. The van der Waals surface area contributed by atoms with E-state index in [2.05, 4.69) is 4.98 Å². The molecule has 0 aliphatic heterocycles. The standard InChI is InChI=1S/C15H17NO4/c1-10-4-6-12(7-5-10)14-16-13(8-19-14)9-20-15(17)11(2)18-3/h4-8,11H,9H2,1-3H3/t11-/m1/s1. The molecule has 0 N–H and O–H groups in total. The van der Waals surface area contributed by atoms with Crippen LogP contribution in [0.4, 0.5) is 0 Å². The highest BCUT2D eigenvalue weighted by molar-refractivity contribution is 5.74. The lowest BCUT2D eigenvalue weighted by Crippen LogP contribution is -2.21. The Morgan fingerprint density at radius 2 is 2.05 bits per heavy atom. The minimum Gasteiger partial charge on any atom is -0.457 e. The predicted molar refractivity (Wildman–Crippen MR) is 72.9 cm³/mol. The molecule has 0 aliphatic carbocycles. The van der Waals surface area contributed by atoms with Crippen molar-refractivity contribution in [1.82, 2.24) is 4.98 Å². The Morgan fingerprint density at radius 3 is 2.70 bits per heavy atom. The monoisotopic (exact) mass is 275 g/mol. The summed E-state index contributed by atoms with van der Waals surface area (Å²) in [7, 11) is 1.46. The number of aryl methyl sites for hydroxylation is 1. The fourth-order valence-electron chi connectivity index (χ4n) is 1.56. The van der Waals surface area contributed by atoms with Gasteiger partial charge in [-0.2, -0.15) is 0 Å². The highest BCUT2D eigenvalue weighted by Gasteiger charge is 2.14. The van der Waals surface area contributed by atoms with Gasteiger partial charge in [0, 0.05) is 12.7 Å². The maximum absolute atomic E-state index is 11.5. The quantitative estimate of drug-likeness (QED) is 0.785. The van der Waals surface area contributed by atoms with Gasteiger partial charge in [-0.25, -0.2) is 9.78 Å². The van der Waals surface area contributed by atoms with E-state index in [0.717, 1.165) is 5.56 Å². The van der Waals surface area contributed by atoms with E-state index in [-0.39, 0.29) is 6.61 Å². The lowest BCUT2D eigenvalue weighted by Gasteiger charge is -2.07. The van der Waals surface area contributed by atoms with Crippen LogP contribution in [-0.4, -0.2) is 24.2 Å². The van der Waals surface area contributed by atoms with E-state index < -0.39 is 12.1 Å². The van der Waals surface area contributed by atoms with Gasteiger partial charge in [-0.05, 0) is 26.0 Å². The number of nitrogens with zero attached hydrogens (tertiary/aromatic N) is 1. The van der Waals surface area contributed by atoms with Crippen molar-refractivity contribution in [2.45, 2.75) is 26.6 Å². The summed E-state index contributed by atoms with van der Waals surface area (Å²) in [6.45, 7) is 3.71. The molecule has 0 spiro atoms. The van der Waals surface area contributed by atoms with E-state index in [1.54, 1.807) is 6.92 Å². The van der Waals surface area contributed by atoms with Crippen molar-refractivity contribution < 1.29 is 18.7 Å². The molecule has 0 saturated carbocycles. The van der Waals surface area contributed by atoms with E-state index in [0.29, 0.717) is 11.6 Å². The lowest BCUT2D eigenvalue weighted by atomic mass is 10.1. The van der Waals surface area contributed by atoms with Gasteiger partial charge in [0.25, 0.3) is 0 Å². The first-order valence-corrected chi connectivity index (χ1v) is 6.31. The van der Waals surface area contributed by atoms with Crippen molar-refractivity contribution in [2.75, 3.05) is 7.11 Å². The van der Waals surface area contributed by atoms with Gasteiger partial charge in [0.15, 0.2) is 6.10 Å². The number of carbonyl (C=O) groups is 1. The third kappa shape index (κ3) is 3.45. The number of benzene rings is 1. The minimum atomic E-state index is -0.585. The van der Waals surface area contributed by atoms with Gasteiger partial charge in [-0.15, -0.1) is 0 Å². The molecular weight excluding hydrogens is 258 g/mol. The number of methoxy groups -OCH3 is 1. The third-order valence-corrected chi connectivity index (χ3v) is 2.90. The van der Waals surface area contributed by atoms with Crippen molar-refractivity contribution in [1.29, 1.82) is 0 Å². The average Bonchev–Trinajstić information content (AvgIpc) is 2.93. The molecule has 1 aromatic carbocycles. The molecule has 0 aliphatic rings. The van der Waals surface area contributed by atoms with Crippen molar-refractivity contribution >= 4 is 5.97 Å². The van der Waals surface area contributed by atoms with Gasteiger partial charge in [0.05, 0.1) is 0 Å². The molecule has 0 saturated heterocycles. The summed E-state index contributed by atoms with van der Waals surface area (Å²) in [5.41, 5.74) is 2.62. The first-order chi connectivity index (χ1) is 9.60. The molecule has 1 heterocycles. The van der Waals surface area contributed by atoms with Crippen LogP contribution in [-0.2, 0) is 20.9 Å². The Kier molecular flexibility index (Phi) is 4.53. The minimum absolute atomic E-state index is 0.0713. The Morgan fingerprint density at radius 1 is 1.35 bits per heavy atom. The molecule has 0 unspecified atom stereocenters. The number of hydrogen-bond acceptors (Lipinski definition) is 5. The molecule has 0 bridgehead atoms. The van der Waals surface area contributed by atoms with E-state index >= 15 is 0 Å². The van der Waals surface area contributed by atoms with Crippen molar-refractivity contribution in [3.05, 3.63) is 41.8 Å². The summed E-state index contributed by atoms with van der Waals surface area (Å²) < 4.78 is 15.3. The van der Waals surface area contributed by atoms with Crippen LogP contribution in [0.25, 0.3) is 11.5 Å². The maximum Gasteiger partial charge on any atom is 0.335 e. The SMILES string of the molecule is CO[C@H](C)C(=O)OCc1coc(-c2ccc(C)cc2)n1. The molecule has 106 valence electrons. The summed E-state index contributed by atoms with van der Waals surface area (Å²) in [6.07, 6.45) is 0.901. The first kappa shape index (κ1) is 14.3. The van der Waals surface area contributed by atoms with Gasteiger partial charge >= 0.3 is 5.97 Å². The van der Waals surface area contributed by atoms with E-state index in [4.69, 9.17) is 13.9 Å². The second-order valence-corrected chi connectivity index (χ2v) is 4.50. The van der Waals surface area contributed by atoms with E-state index in [1.165, 1.54) is 18.9 Å². The molecule has 2 rings (SSSR count). The van der Waals surface area contributed by atoms with Crippen LogP contribution in [0.5, 0.6) is 0 Å². The van der Waals surface area contributed by atoms with Crippen molar-refractivity contribution in [2.24, 2.45) is 0 Å². The molecule has 0 amide bonds. The second kappa shape index (κ2) is 6.34. The molecule has 5 heteroatoms. The van der Waals surface area contributed by atoms with Crippen LogP contribution in [0.3, 0.4) is 0 Å². The number of aromatic nitrogens is 1. The smallest absolute Gasteiger partial charge is 0.335 e. The fraction of sp³-hybridized carbons (Fsp3) is 0.333. The number of hydrogen-bond donors (Lipinski definition) is 0. The van der Waals surface area contributed by atoms with Gasteiger partial charge < -0.3 is 13.9 Å². The van der Waals surface area contributed by atoms with Crippen molar-refractivity contribution in [3.8, 4) is 11.5 Å². The van der Waals surface area contributed by atoms with Gasteiger partial charge in [0.2, 0.25) is 5.89 Å². The Balaban J connectivity index is 1.99. The zero-order valence-electron chi connectivity index (χ0n) is 11.8. The summed E-state index contributed by atoms with van der Waals surface area (Å²) in [5, 5.41) is 0. The van der Waals surface area contributed by atoms with Crippen LogP contribution in [0.15, 0.2) is 34.9 Å². The summed E-state index contributed by atoms with van der Waals surface area (Å²) >= 11 is 0. The fourth-order valence-corrected chi connectivity index (χ4v) is 1.56. The Bertz CT molecular complexity index is 574. The van der Waals surface area contributed by atoms with E-state index in [1.807, 2.05) is 31.2 Å².